The molecule has 0 radical (unpaired) electrons. The van der Waals surface area contributed by atoms with Gasteiger partial charge in [-0.05, 0) is 6.07 Å². The number of benzene rings is 1. The van der Waals surface area contributed by atoms with Crippen molar-refractivity contribution in [2.45, 2.75) is 19.0 Å². The van der Waals surface area contributed by atoms with E-state index in [4.69, 9.17) is 0 Å². The van der Waals surface area contributed by atoms with Crippen molar-refractivity contribution in [1.29, 1.82) is 0 Å². The smallest absolute Gasteiger partial charge is 0.387 e. The predicted molar refractivity (Wildman–Crippen MR) is 51.5 cm³/mol. The van der Waals surface area contributed by atoms with E-state index in [9.17, 15) is 22.8 Å². The van der Waals surface area contributed by atoms with Crippen molar-refractivity contribution in [3.05, 3.63) is 29.6 Å². The zero-order chi connectivity index (χ0) is 13.3. The second-order valence-corrected chi connectivity index (χ2v) is 3.61. The van der Waals surface area contributed by atoms with Crippen molar-refractivity contribution in [2.24, 2.45) is 0 Å². The Bertz CT molecular complexity index is 501. The number of esters is 2. The summed E-state index contributed by atoms with van der Waals surface area (Å²) in [5, 5.41) is 0. The zero-order valence-electron chi connectivity index (χ0n) is 8.86. The van der Waals surface area contributed by atoms with Gasteiger partial charge in [-0.3, -0.25) is 9.59 Å². The average molecular weight is 260 g/mol. The molecule has 96 valence electrons. The van der Waals surface area contributed by atoms with Crippen LogP contribution in [0.3, 0.4) is 0 Å². The molecule has 18 heavy (non-hydrogen) atoms. The lowest BCUT2D eigenvalue weighted by Gasteiger charge is -2.09. The maximum Gasteiger partial charge on any atom is 0.387 e. The standard InChI is InChI=1S/C11H7F3O4/c12-8-3-5(17-11(13)14)1-2-6(8)7-4-9(15)18-10(7)16/h1-3,7,11H,4H2. The molecule has 1 aromatic carbocycles. The first-order chi connectivity index (χ1) is 8.47. The molecule has 1 atom stereocenters. The van der Waals surface area contributed by atoms with Crippen LogP contribution in [0.1, 0.15) is 17.9 Å². The van der Waals surface area contributed by atoms with Crippen molar-refractivity contribution >= 4 is 11.9 Å². The highest BCUT2D eigenvalue weighted by atomic mass is 19.3. The molecule has 1 saturated heterocycles. The quantitative estimate of drug-likeness (QED) is 0.616. The number of alkyl halides is 2. The molecule has 0 spiro atoms. The van der Waals surface area contributed by atoms with Gasteiger partial charge in [0.2, 0.25) is 0 Å². The third-order valence-corrected chi connectivity index (χ3v) is 2.44. The Morgan fingerprint density at radius 3 is 2.56 bits per heavy atom. The van der Waals surface area contributed by atoms with E-state index in [2.05, 4.69) is 9.47 Å². The van der Waals surface area contributed by atoms with Gasteiger partial charge in [-0.25, -0.2) is 4.39 Å². The van der Waals surface area contributed by atoms with E-state index >= 15 is 0 Å². The molecule has 2 rings (SSSR count). The van der Waals surface area contributed by atoms with Gasteiger partial charge >= 0.3 is 18.6 Å². The maximum absolute atomic E-state index is 13.6. The summed E-state index contributed by atoms with van der Waals surface area (Å²) in [5.41, 5.74) is -0.0764. The molecular weight excluding hydrogens is 253 g/mol. The fourth-order valence-corrected chi connectivity index (χ4v) is 1.68. The summed E-state index contributed by atoms with van der Waals surface area (Å²) in [7, 11) is 0. The first-order valence-corrected chi connectivity index (χ1v) is 4.96. The van der Waals surface area contributed by atoms with Crippen LogP contribution in [0.15, 0.2) is 18.2 Å². The van der Waals surface area contributed by atoms with Gasteiger partial charge in [0.25, 0.3) is 0 Å². The largest absolute Gasteiger partial charge is 0.435 e. The van der Waals surface area contributed by atoms with Crippen molar-refractivity contribution in [3.8, 4) is 5.75 Å². The average Bonchev–Trinajstić information content (AvgIpc) is 2.57. The van der Waals surface area contributed by atoms with E-state index in [0.717, 1.165) is 18.2 Å². The summed E-state index contributed by atoms with van der Waals surface area (Å²) in [4.78, 5) is 22.1. The van der Waals surface area contributed by atoms with Crippen LogP contribution in [0, 0.1) is 5.82 Å². The lowest BCUT2D eigenvalue weighted by atomic mass is 9.97. The SMILES string of the molecule is O=C1CC(c2ccc(OC(F)F)cc2F)C(=O)O1. The van der Waals surface area contributed by atoms with E-state index < -0.39 is 30.3 Å². The Hall–Kier alpha value is -2.05. The Morgan fingerprint density at radius 2 is 2.06 bits per heavy atom. The van der Waals surface area contributed by atoms with E-state index in [-0.39, 0.29) is 17.7 Å². The summed E-state index contributed by atoms with van der Waals surface area (Å²) in [6.45, 7) is -3.06. The van der Waals surface area contributed by atoms with Crippen molar-refractivity contribution < 1.29 is 32.2 Å². The van der Waals surface area contributed by atoms with E-state index in [0.29, 0.717) is 0 Å². The number of hydrogen-bond acceptors (Lipinski definition) is 4. The predicted octanol–water partition coefficient (Wildman–Crippen LogP) is 1.98. The lowest BCUT2D eigenvalue weighted by molar-refractivity contribution is -0.152. The molecule has 0 bridgehead atoms. The molecule has 0 amide bonds. The normalized spacial score (nSPS) is 19.2. The molecule has 0 aliphatic carbocycles. The van der Waals surface area contributed by atoms with Crippen molar-refractivity contribution in [1.82, 2.24) is 0 Å². The van der Waals surface area contributed by atoms with Crippen LogP contribution in [0.4, 0.5) is 13.2 Å². The van der Waals surface area contributed by atoms with Crippen molar-refractivity contribution in [3.63, 3.8) is 0 Å². The summed E-state index contributed by atoms with van der Waals surface area (Å²) < 4.78 is 45.7. The number of carbonyl (C=O) groups is 2. The number of cyclic esters (lactones) is 2. The molecular formula is C11H7F3O4. The fourth-order valence-electron chi connectivity index (χ4n) is 1.68. The summed E-state index contributed by atoms with van der Waals surface area (Å²) in [5.74, 6) is -3.87. The van der Waals surface area contributed by atoms with E-state index in [1.54, 1.807) is 0 Å². The highest BCUT2D eigenvalue weighted by Crippen LogP contribution is 2.31. The van der Waals surface area contributed by atoms with Gasteiger partial charge in [0.1, 0.15) is 11.6 Å². The van der Waals surface area contributed by atoms with Crippen LogP contribution in [0.2, 0.25) is 0 Å². The third-order valence-electron chi connectivity index (χ3n) is 2.44. The number of ether oxygens (including phenoxy) is 2. The molecule has 7 heteroatoms. The number of halogens is 3. The van der Waals surface area contributed by atoms with Crippen LogP contribution in [0.25, 0.3) is 0 Å². The Balaban J connectivity index is 2.25. The molecule has 0 N–H and O–H groups in total. The highest BCUT2D eigenvalue weighted by Gasteiger charge is 2.36. The van der Waals surface area contributed by atoms with Crippen LogP contribution in [0.5, 0.6) is 5.75 Å². The second-order valence-electron chi connectivity index (χ2n) is 3.61. The van der Waals surface area contributed by atoms with Gasteiger partial charge in [0.05, 0.1) is 12.3 Å². The molecule has 0 saturated carbocycles. The molecule has 1 unspecified atom stereocenters. The molecule has 0 aromatic heterocycles. The highest BCUT2D eigenvalue weighted by molar-refractivity contribution is 5.97. The van der Waals surface area contributed by atoms with E-state index in [1.807, 2.05) is 0 Å². The van der Waals surface area contributed by atoms with Crippen LogP contribution < -0.4 is 4.74 Å². The van der Waals surface area contributed by atoms with E-state index in [1.165, 1.54) is 0 Å². The Labute approximate surface area is 99.3 Å². The summed E-state index contributed by atoms with van der Waals surface area (Å²) in [6, 6.07) is 2.95. The van der Waals surface area contributed by atoms with Crippen LogP contribution in [-0.4, -0.2) is 18.6 Å². The van der Waals surface area contributed by atoms with Gasteiger partial charge in [0.15, 0.2) is 0 Å². The number of hydrogen-bond donors (Lipinski definition) is 0. The summed E-state index contributed by atoms with van der Waals surface area (Å²) >= 11 is 0. The first kappa shape index (κ1) is 12.4. The molecule has 1 aromatic rings. The summed E-state index contributed by atoms with van der Waals surface area (Å²) in [6.07, 6.45) is -0.259. The van der Waals surface area contributed by atoms with Gasteiger partial charge in [-0.15, -0.1) is 0 Å². The van der Waals surface area contributed by atoms with Crippen molar-refractivity contribution in [2.75, 3.05) is 0 Å². The van der Waals surface area contributed by atoms with Gasteiger partial charge in [0, 0.05) is 11.6 Å². The van der Waals surface area contributed by atoms with Crippen LogP contribution >= 0.6 is 0 Å². The molecule has 1 aliphatic heterocycles. The zero-order valence-corrected chi connectivity index (χ0v) is 8.86. The topological polar surface area (TPSA) is 52.6 Å². The molecule has 1 heterocycles. The Morgan fingerprint density at radius 1 is 1.33 bits per heavy atom. The second kappa shape index (κ2) is 4.67. The third kappa shape index (κ3) is 2.44. The van der Waals surface area contributed by atoms with Crippen LogP contribution in [-0.2, 0) is 14.3 Å². The molecule has 1 aliphatic rings. The lowest BCUT2D eigenvalue weighted by Crippen LogP contribution is -2.08. The first-order valence-electron chi connectivity index (χ1n) is 4.96. The number of carbonyl (C=O) groups excluding carboxylic acids is 2. The minimum absolute atomic E-state index is 0.0764. The van der Waals surface area contributed by atoms with Gasteiger partial charge < -0.3 is 9.47 Å². The number of rotatable bonds is 3. The fraction of sp³-hybridized carbons (Fsp3) is 0.273. The van der Waals surface area contributed by atoms with Gasteiger partial charge in [-0.1, -0.05) is 6.07 Å². The molecule has 1 fully saturated rings. The van der Waals surface area contributed by atoms with Gasteiger partial charge in [-0.2, -0.15) is 8.78 Å². The minimum atomic E-state index is -3.06. The molecule has 4 nitrogen and oxygen atoms in total. The minimum Gasteiger partial charge on any atom is -0.435 e. The monoisotopic (exact) mass is 260 g/mol. The Kier molecular flexibility index (Phi) is 3.22. The maximum atomic E-state index is 13.6.